The van der Waals surface area contributed by atoms with Crippen LogP contribution in [0.15, 0.2) is 30.5 Å². The average molecular weight is 323 g/mol. The summed E-state index contributed by atoms with van der Waals surface area (Å²) in [4.78, 5) is 16.3. The minimum Gasteiger partial charge on any atom is -0.348 e. The number of halogens is 3. The second kappa shape index (κ2) is 6.16. The summed E-state index contributed by atoms with van der Waals surface area (Å²) in [5, 5.41) is 5.72. The van der Waals surface area contributed by atoms with Gasteiger partial charge in [-0.05, 0) is 25.5 Å². The van der Waals surface area contributed by atoms with Crippen LogP contribution >= 0.6 is 0 Å². The number of fused-ring (bicyclic) bond motifs is 1. The van der Waals surface area contributed by atoms with Gasteiger partial charge in [0.05, 0.1) is 16.6 Å². The van der Waals surface area contributed by atoms with E-state index in [1.54, 1.807) is 6.07 Å². The molecule has 2 heterocycles. The molecule has 2 aromatic rings. The van der Waals surface area contributed by atoms with Crippen LogP contribution in [0.5, 0.6) is 0 Å². The van der Waals surface area contributed by atoms with E-state index in [0.29, 0.717) is 6.54 Å². The highest BCUT2D eigenvalue weighted by Crippen LogP contribution is 2.36. The third-order valence-corrected chi connectivity index (χ3v) is 3.94. The number of piperidine rings is 1. The molecule has 4 nitrogen and oxygen atoms in total. The fraction of sp³-hybridized carbons (Fsp3) is 0.375. The van der Waals surface area contributed by atoms with Crippen LogP contribution in [0.25, 0.3) is 10.9 Å². The number of rotatable bonds is 2. The Bertz CT molecular complexity index is 724. The first-order valence-electron chi connectivity index (χ1n) is 7.43. The Hall–Kier alpha value is -2.15. The smallest absolute Gasteiger partial charge is 0.348 e. The number of carbonyl (C=O) groups is 1. The molecule has 1 amide bonds. The lowest BCUT2D eigenvalue weighted by Gasteiger charge is -2.24. The third-order valence-electron chi connectivity index (χ3n) is 3.94. The van der Waals surface area contributed by atoms with Crippen LogP contribution in [0, 0.1) is 0 Å². The molecule has 0 bridgehead atoms. The zero-order valence-corrected chi connectivity index (χ0v) is 12.3. The summed E-state index contributed by atoms with van der Waals surface area (Å²) in [5.41, 5.74) is -1.14. The van der Waals surface area contributed by atoms with Gasteiger partial charge in [0.2, 0.25) is 0 Å². The lowest BCUT2D eigenvalue weighted by atomic mass is 10.0. The molecule has 0 aliphatic carbocycles. The van der Waals surface area contributed by atoms with Gasteiger partial charge in [0.1, 0.15) is 0 Å². The molecule has 1 aliphatic rings. The minimum absolute atomic E-state index is 0.0607. The fourth-order valence-corrected chi connectivity index (χ4v) is 2.86. The first kappa shape index (κ1) is 15.7. The quantitative estimate of drug-likeness (QED) is 0.893. The average Bonchev–Trinajstić information content (AvgIpc) is 2.53. The molecule has 1 aliphatic heterocycles. The Labute approximate surface area is 131 Å². The predicted octanol–water partition coefficient (Wildman–Crippen LogP) is 2.74. The number of para-hydroxylation sites is 1. The molecule has 2 N–H and O–H groups in total. The molecule has 1 saturated heterocycles. The maximum Gasteiger partial charge on any atom is 0.417 e. The van der Waals surface area contributed by atoms with Gasteiger partial charge in [0.15, 0.2) is 0 Å². The monoisotopic (exact) mass is 323 g/mol. The molecule has 1 atom stereocenters. The number of pyridine rings is 1. The molecule has 1 aromatic carbocycles. The molecule has 1 aromatic heterocycles. The van der Waals surface area contributed by atoms with Crippen LogP contribution in [0.1, 0.15) is 28.8 Å². The normalized spacial score (nSPS) is 18.8. The van der Waals surface area contributed by atoms with Crippen molar-refractivity contribution in [2.75, 3.05) is 13.1 Å². The van der Waals surface area contributed by atoms with Gasteiger partial charge < -0.3 is 10.6 Å². The summed E-state index contributed by atoms with van der Waals surface area (Å²) < 4.78 is 40.5. The van der Waals surface area contributed by atoms with Gasteiger partial charge in [-0.3, -0.25) is 9.78 Å². The van der Waals surface area contributed by atoms with Crippen molar-refractivity contribution < 1.29 is 18.0 Å². The van der Waals surface area contributed by atoms with E-state index in [1.807, 2.05) is 0 Å². The number of nitrogens with one attached hydrogen (secondary N) is 2. The number of benzene rings is 1. The molecule has 3 rings (SSSR count). The standard InChI is InChI=1S/C16H16F3N3O/c17-16(18,19)14-11-5-1-2-6-13(11)21-9-12(14)15(23)22-10-4-3-7-20-8-10/h1-2,5-6,9-10,20H,3-4,7-8H2,(H,22,23)/t10-/m0/s1. The van der Waals surface area contributed by atoms with Crippen molar-refractivity contribution in [3.8, 4) is 0 Å². The van der Waals surface area contributed by atoms with Crippen LogP contribution in [0.2, 0.25) is 0 Å². The van der Waals surface area contributed by atoms with E-state index in [1.165, 1.54) is 18.2 Å². The fourth-order valence-electron chi connectivity index (χ4n) is 2.86. The number of alkyl halides is 3. The maximum absolute atomic E-state index is 13.5. The van der Waals surface area contributed by atoms with Crippen molar-refractivity contribution in [2.45, 2.75) is 25.1 Å². The van der Waals surface area contributed by atoms with Crippen molar-refractivity contribution in [3.63, 3.8) is 0 Å². The van der Waals surface area contributed by atoms with Gasteiger partial charge in [-0.1, -0.05) is 18.2 Å². The van der Waals surface area contributed by atoms with Gasteiger partial charge in [-0.15, -0.1) is 0 Å². The van der Waals surface area contributed by atoms with Crippen LogP contribution in [-0.4, -0.2) is 30.0 Å². The van der Waals surface area contributed by atoms with E-state index >= 15 is 0 Å². The molecular weight excluding hydrogens is 307 g/mol. The van der Waals surface area contributed by atoms with Gasteiger partial charge in [-0.25, -0.2) is 0 Å². The summed E-state index contributed by atoms with van der Waals surface area (Å²) in [5.74, 6) is -0.732. The molecule has 7 heteroatoms. The molecule has 0 spiro atoms. The van der Waals surface area contributed by atoms with E-state index in [9.17, 15) is 18.0 Å². The van der Waals surface area contributed by atoms with E-state index < -0.39 is 23.2 Å². The minimum atomic E-state index is -4.62. The number of nitrogens with zero attached hydrogens (tertiary/aromatic N) is 1. The summed E-state index contributed by atoms with van der Waals surface area (Å²) in [6, 6.07) is 5.79. The van der Waals surface area contributed by atoms with E-state index in [2.05, 4.69) is 15.6 Å². The highest BCUT2D eigenvalue weighted by Gasteiger charge is 2.38. The Morgan fingerprint density at radius 3 is 2.78 bits per heavy atom. The number of hydrogen-bond donors (Lipinski definition) is 2. The van der Waals surface area contributed by atoms with Crippen LogP contribution in [0.3, 0.4) is 0 Å². The topological polar surface area (TPSA) is 54.0 Å². The maximum atomic E-state index is 13.5. The highest BCUT2D eigenvalue weighted by molar-refractivity contribution is 6.00. The van der Waals surface area contributed by atoms with Gasteiger partial charge >= 0.3 is 6.18 Å². The van der Waals surface area contributed by atoms with Crippen LogP contribution < -0.4 is 10.6 Å². The van der Waals surface area contributed by atoms with Crippen molar-refractivity contribution >= 4 is 16.8 Å². The predicted molar refractivity (Wildman–Crippen MR) is 80.1 cm³/mol. The first-order chi connectivity index (χ1) is 11.0. The number of hydrogen-bond acceptors (Lipinski definition) is 3. The van der Waals surface area contributed by atoms with Crippen LogP contribution in [0.4, 0.5) is 13.2 Å². The lowest BCUT2D eigenvalue weighted by molar-refractivity contribution is -0.136. The molecule has 122 valence electrons. The summed E-state index contributed by atoms with van der Waals surface area (Å²) >= 11 is 0. The van der Waals surface area contributed by atoms with Crippen LogP contribution in [-0.2, 0) is 6.18 Å². The molecular formula is C16H16F3N3O. The number of amides is 1. The second-order valence-electron chi connectivity index (χ2n) is 5.58. The molecule has 23 heavy (non-hydrogen) atoms. The van der Waals surface area contributed by atoms with Gasteiger partial charge in [0, 0.05) is 24.2 Å². The lowest BCUT2D eigenvalue weighted by Crippen LogP contribution is -2.46. The van der Waals surface area contributed by atoms with E-state index in [4.69, 9.17) is 0 Å². The van der Waals surface area contributed by atoms with E-state index in [-0.39, 0.29) is 16.9 Å². The Kier molecular flexibility index (Phi) is 4.21. The van der Waals surface area contributed by atoms with Crippen molar-refractivity contribution in [1.29, 1.82) is 0 Å². The van der Waals surface area contributed by atoms with Gasteiger partial charge in [0.25, 0.3) is 5.91 Å². The van der Waals surface area contributed by atoms with E-state index in [0.717, 1.165) is 25.6 Å². The molecule has 0 unspecified atom stereocenters. The van der Waals surface area contributed by atoms with Gasteiger partial charge in [-0.2, -0.15) is 13.2 Å². The zero-order valence-electron chi connectivity index (χ0n) is 12.3. The molecule has 1 fully saturated rings. The Morgan fingerprint density at radius 2 is 2.09 bits per heavy atom. The first-order valence-corrected chi connectivity index (χ1v) is 7.43. The Morgan fingerprint density at radius 1 is 1.30 bits per heavy atom. The second-order valence-corrected chi connectivity index (χ2v) is 5.58. The van der Waals surface area contributed by atoms with Crippen molar-refractivity contribution in [3.05, 3.63) is 41.6 Å². The number of aromatic nitrogens is 1. The summed E-state index contributed by atoms with van der Waals surface area (Å²) in [6.07, 6.45) is -1.98. The molecule has 0 radical (unpaired) electrons. The molecule has 0 saturated carbocycles. The van der Waals surface area contributed by atoms with Crippen molar-refractivity contribution in [1.82, 2.24) is 15.6 Å². The third kappa shape index (κ3) is 3.29. The summed E-state index contributed by atoms with van der Waals surface area (Å²) in [6.45, 7) is 1.42. The van der Waals surface area contributed by atoms with Crippen molar-refractivity contribution in [2.24, 2.45) is 0 Å². The summed E-state index contributed by atoms with van der Waals surface area (Å²) in [7, 11) is 0. The largest absolute Gasteiger partial charge is 0.417 e. The zero-order chi connectivity index (χ0) is 16.4. The number of carbonyl (C=O) groups excluding carboxylic acids is 1. The highest BCUT2D eigenvalue weighted by atomic mass is 19.4. The SMILES string of the molecule is O=C(N[C@H]1CCCNC1)c1cnc2ccccc2c1C(F)(F)F. The Balaban J connectivity index is 2.00.